The number of halogens is 1. The molecule has 0 unspecified atom stereocenters. The molecular formula is C19H15FN2O3S2. The highest BCUT2D eigenvalue weighted by atomic mass is 32.1. The predicted octanol–water partition coefficient (Wildman–Crippen LogP) is 4.87. The Bertz CT molecular complexity index is 1260. The van der Waals surface area contributed by atoms with E-state index in [1.807, 2.05) is 13.8 Å². The summed E-state index contributed by atoms with van der Waals surface area (Å²) in [6.45, 7) is 5.48. The lowest BCUT2D eigenvalue weighted by Crippen LogP contribution is -2.16. The van der Waals surface area contributed by atoms with Crippen molar-refractivity contribution in [1.82, 2.24) is 9.97 Å². The Balaban J connectivity index is 1.62. The third-order valence-corrected chi connectivity index (χ3v) is 6.60. The monoisotopic (exact) mass is 402 g/mol. The smallest absolute Gasteiger partial charge is 0.349 e. The van der Waals surface area contributed by atoms with Crippen LogP contribution in [0.1, 0.15) is 39.0 Å². The first-order valence-electron chi connectivity index (χ1n) is 8.23. The Morgan fingerprint density at radius 1 is 1.26 bits per heavy atom. The molecule has 0 fully saturated rings. The number of thiophene rings is 2. The average Bonchev–Trinajstić information content (AvgIpc) is 3.15. The first kappa shape index (κ1) is 17.8. The minimum Gasteiger partial charge on any atom is -0.450 e. The normalized spacial score (nSPS) is 12.6. The largest absolute Gasteiger partial charge is 0.450 e. The van der Waals surface area contributed by atoms with Crippen molar-refractivity contribution < 1.29 is 13.9 Å². The van der Waals surface area contributed by atoms with Crippen LogP contribution in [0, 0.1) is 19.7 Å². The van der Waals surface area contributed by atoms with Crippen LogP contribution in [0.5, 0.6) is 0 Å². The SMILES string of the molecule is Cc1sc2nc([C@H](C)OC(=O)c3cc4cc(F)ccc4s3)[nH]c(=O)c2c1C. The molecule has 0 aliphatic rings. The fourth-order valence-electron chi connectivity index (χ4n) is 2.85. The lowest BCUT2D eigenvalue weighted by molar-refractivity contribution is 0.0326. The van der Waals surface area contributed by atoms with Crippen molar-refractivity contribution in [2.24, 2.45) is 0 Å². The van der Waals surface area contributed by atoms with E-state index in [9.17, 15) is 14.0 Å². The van der Waals surface area contributed by atoms with Gasteiger partial charge in [-0.05, 0) is 56.0 Å². The molecule has 3 aromatic heterocycles. The minimum absolute atomic E-state index is 0.239. The summed E-state index contributed by atoms with van der Waals surface area (Å²) in [6, 6.07) is 5.96. The van der Waals surface area contributed by atoms with Crippen LogP contribution >= 0.6 is 22.7 Å². The molecule has 1 atom stereocenters. The topological polar surface area (TPSA) is 72.0 Å². The highest BCUT2D eigenvalue weighted by Crippen LogP contribution is 2.29. The van der Waals surface area contributed by atoms with Gasteiger partial charge in [-0.2, -0.15) is 0 Å². The van der Waals surface area contributed by atoms with Crippen LogP contribution in [-0.4, -0.2) is 15.9 Å². The number of esters is 1. The zero-order valence-corrected chi connectivity index (χ0v) is 16.4. The number of hydrogen-bond acceptors (Lipinski definition) is 6. The lowest BCUT2D eigenvalue weighted by atomic mass is 10.2. The number of hydrogen-bond donors (Lipinski definition) is 1. The zero-order chi connectivity index (χ0) is 19.3. The Hall–Kier alpha value is -2.58. The molecule has 4 rings (SSSR count). The number of carbonyl (C=O) groups is 1. The maximum atomic E-state index is 13.3. The van der Waals surface area contributed by atoms with Gasteiger partial charge in [0.25, 0.3) is 5.56 Å². The average molecular weight is 402 g/mol. The zero-order valence-electron chi connectivity index (χ0n) is 14.8. The fraction of sp³-hybridized carbons (Fsp3) is 0.211. The van der Waals surface area contributed by atoms with E-state index in [0.717, 1.165) is 15.1 Å². The second-order valence-corrected chi connectivity index (χ2v) is 8.54. The highest BCUT2D eigenvalue weighted by Gasteiger charge is 2.20. The molecule has 27 heavy (non-hydrogen) atoms. The minimum atomic E-state index is -0.723. The number of benzene rings is 1. The van der Waals surface area contributed by atoms with Gasteiger partial charge in [0, 0.05) is 9.58 Å². The van der Waals surface area contributed by atoms with Crippen LogP contribution in [0.4, 0.5) is 4.39 Å². The molecule has 5 nitrogen and oxygen atoms in total. The molecule has 0 spiro atoms. The number of aromatic nitrogens is 2. The summed E-state index contributed by atoms with van der Waals surface area (Å²) in [7, 11) is 0. The van der Waals surface area contributed by atoms with E-state index in [4.69, 9.17) is 4.74 Å². The van der Waals surface area contributed by atoms with Gasteiger partial charge in [-0.15, -0.1) is 22.7 Å². The third kappa shape index (κ3) is 3.15. The molecular weight excluding hydrogens is 387 g/mol. The molecule has 8 heteroatoms. The predicted molar refractivity (Wildman–Crippen MR) is 105 cm³/mol. The van der Waals surface area contributed by atoms with Crippen LogP contribution in [0.2, 0.25) is 0 Å². The maximum absolute atomic E-state index is 13.3. The molecule has 1 N–H and O–H groups in total. The molecule has 0 radical (unpaired) electrons. The van der Waals surface area contributed by atoms with Crippen molar-refractivity contribution in [3.63, 3.8) is 0 Å². The van der Waals surface area contributed by atoms with Crippen molar-refractivity contribution in [3.8, 4) is 0 Å². The quantitative estimate of drug-likeness (QED) is 0.496. The first-order valence-corrected chi connectivity index (χ1v) is 9.87. The van der Waals surface area contributed by atoms with Gasteiger partial charge >= 0.3 is 5.97 Å². The van der Waals surface area contributed by atoms with Crippen LogP contribution < -0.4 is 5.56 Å². The second kappa shape index (κ2) is 6.54. The summed E-state index contributed by atoms with van der Waals surface area (Å²) in [5.41, 5.74) is 0.676. The fourth-order valence-corrected chi connectivity index (χ4v) is 4.82. The van der Waals surface area contributed by atoms with E-state index < -0.39 is 12.1 Å². The number of H-pyrrole nitrogens is 1. The van der Waals surface area contributed by atoms with Gasteiger partial charge in [0.15, 0.2) is 11.9 Å². The first-order chi connectivity index (χ1) is 12.8. The summed E-state index contributed by atoms with van der Waals surface area (Å²) in [6.07, 6.45) is -0.723. The van der Waals surface area contributed by atoms with Gasteiger partial charge in [0.05, 0.1) is 5.39 Å². The van der Waals surface area contributed by atoms with Gasteiger partial charge in [0.1, 0.15) is 15.5 Å². The Morgan fingerprint density at radius 2 is 2.04 bits per heavy atom. The van der Waals surface area contributed by atoms with Gasteiger partial charge in [-0.1, -0.05) is 0 Å². The Kier molecular flexibility index (Phi) is 4.32. The van der Waals surface area contributed by atoms with Crippen molar-refractivity contribution in [2.45, 2.75) is 26.9 Å². The molecule has 0 aliphatic carbocycles. The van der Waals surface area contributed by atoms with E-state index in [2.05, 4.69) is 9.97 Å². The number of carbonyl (C=O) groups excluding carboxylic acids is 1. The maximum Gasteiger partial charge on any atom is 0.349 e. The summed E-state index contributed by atoms with van der Waals surface area (Å²) >= 11 is 2.67. The molecule has 138 valence electrons. The molecule has 0 saturated heterocycles. The summed E-state index contributed by atoms with van der Waals surface area (Å²) < 4.78 is 19.6. The number of rotatable bonds is 3. The number of aromatic amines is 1. The van der Waals surface area contributed by atoms with Crippen LogP contribution in [-0.2, 0) is 4.74 Å². The summed E-state index contributed by atoms with van der Waals surface area (Å²) in [5, 5.41) is 1.23. The molecule has 0 amide bonds. The molecule has 0 saturated carbocycles. The van der Waals surface area contributed by atoms with E-state index in [0.29, 0.717) is 26.3 Å². The van der Waals surface area contributed by atoms with Crippen molar-refractivity contribution in [1.29, 1.82) is 0 Å². The molecule has 4 aromatic rings. The Morgan fingerprint density at radius 3 is 2.81 bits per heavy atom. The third-order valence-electron chi connectivity index (χ3n) is 4.41. The van der Waals surface area contributed by atoms with E-state index in [1.54, 1.807) is 19.1 Å². The highest BCUT2D eigenvalue weighted by molar-refractivity contribution is 7.20. The Labute approximate surface area is 161 Å². The lowest BCUT2D eigenvalue weighted by Gasteiger charge is -2.11. The van der Waals surface area contributed by atoms with Crippen LogP contribution in [0.25, 0.3) is 20.3 Å². The van der Waals surface area contributed by atoms with Crippen molar-refractivity contribution in [3.05, 3.63) is 61.6 Å². The molecule has 0 aliphatic heterocycles. The van der Waals surface area contributed by atoms with E-state index in [1.165, 1.54) is 34.8 Å². The van der Waals surface area contributed by atoms with Gasteiger partial charge in [-0.25, -0.2) is 14.2 Å². The van der Waals surface area contributed by atoms with Crippen LogP contribution in [0.3, 0.4) is 0 Å². The number of nitrogens with one attached hydrogen (secondary N) is 1. The van der Waals surface area contributed by atoms with Crippen LogP contribution in [0.15, 0.2) is 29.1 Å². The number of ether oxygens (including phenoxy) is 1. The second-order valence-electron chi connectivity index (χ2n) is 6.25. The van der Waals surface area contributed by atoms with Gasteiger partial charge < -0.3 is 9.72 Å². The number of nitrogens with zero attached hydrogens (tertiary/aromatic N) is 1. The number of fused-ring (bicyclic) bond motifs is 2. The van der Waals surface area contributed by atoms with Crippen molar-refractivity contribution in [2.75, 3.05) is 0 Å². The van der Waals surface area contributed by atoms with E-state index >= 15 is 0 Å². The summed E-state index contributed by atoms with van der Waals surface area (Å²) in [5.74, 6) is -0.593. The molecule has 1 aromatic carbocycles. The summed E-state index contributed by atoms with van der Waals surface area (Å²) in [4.78, 5) is 34.0. The number of aryl methyl sites for hydroxylation is 2. The van der Waals surface area contributed by atoms with Crippen molar-refractivity contribution >= 4 is 48.9 Å². The van der Waals surface area contributed by atoms with E-state index in [-0.39, 0.29) is 11.4 Å². The van der Waals surface area contributed by atoms with Gasteiger partial charge in [-0.3, -0.25) is 4.79 Å². The standard InChI is InChI=1S/C19H15FN2O3S2/c1-8-10(3)26-18-15(8)17(23)21-16(22-18)9(2)25-19(24)14-7-11-6-12(20)4-5-13(11)27-14/h4-7,9H,1-3H3,(H,21,22,23)/t9-/m0/s1. The molecule has 0 bridgehead atoms. The van der Waals surface area contributed by atoms with Gasteiger partial charge in [0.2, 0.25) is 0 Å². The molecule has 3 heterocycles.